The predicted molar refractivity (Wildman–Crippen MR) is 67.7 cm³/mol. The number of nitrogens with zero attached hydrogens (tertiary/aromatic N) is 3. The summed E-state index contributed by atoms with van der Waals surface area (Å²) in [6.07, 6.45) is -2.84. The first-order chi connectivity index (χ1) is 9.38. The van der Waals surface area contributed by atoms with E-state index < -0.39 is 11.7 Å². The Morgan fingerprint density at radius 3 is 2.40 bits per heavy atom. The second kappa shape index (κ2) is 5.62. The molecule has 0 fully saturated rings. The summed E-state index contributed by atoms with van der Waals surface area (Å²) in [5.41, 5.74) is 0.155. The summed E-state index contributed by atoms with van der Waals surface area (Å²) in [6.45, 7) is 2.39. The summed E-state index contributed by atoms with van der Waals surface area (Å²) >= 11 is 0. The molecule has 1 aromatic heterocycles. The van der Waals surface area contributed by atoms with Crippen molar-refractivity contribution in [2.45, 2.75) is 25.7 Å². The molecule has 0 aliphatic rings. The van der Waals surface area contributed by atoms with Gasteiger partial charge in [0.05, 0.1) is 12.1 Å². The van der Waals surface area contributed by atoms with Crippen LogP contribution in [0.25, 0.3) is 0 Å². The molecule has 0 saturated carbocycles. The van der Waals surface area contributed by atoms with Crippen LogP contribution in [-0.4, -0.2) is 14.8 Å². The highest BCUT2D eigenvalue weighted by Gasteiger charge is 2.30. The Morgan fingerprint density at radius 2 is 1.90 bits per heavy atom. The molecule has 0 aliphatic heterocycles. The van der Waals surface area contributed by atoms with Gasteiger partial charge in [0.1, 0.15) is 12.2 Å². The number of nitrogens with one attached hydrogen (secondary N) is 1. The first-order valence-corrected chi connectivity index (χ1v) is 6.11. The van der Waals surface area contributed by atoms with Crippen molar-refractivity contribution in [3.05, 3.63) is 47.5 Å². The number of alkyl halides is 3. The number of benzene rings is 1. The summed E-state index contributed by atoms with van der Waals surface area (Å²) in [4.78, 5) is 4.07. The first kappa shape index (κ1) is 14.5. The van der Waals surface area contributed by atoms with Gasteiger partial charge in [0, 0.05) is 13.1 Å². The molecule has 1 heterocycles. The number of aryl methyl sites for hydroxylation is 1. The number of halogens is 3. The quantitative estimate of drug-likeness (QED) is 0.938. The molecule has 7 heteroatoms. The Morgan fingerprint density at radius 1 is 1.25 bits per heavy atom. The lowest BCUT2D eigenvalue weighted by atomic mass is 10.1. The molecular weight excluding hydrogens is 269 g/mol. The van der Waals surface area contributed by atoms with Crippen LogP contribution in [0.15, 0.2) is 30.6 Å². The monoisotopic (exact) mass is 284 g/mol. The third-order valence-corrected chi connectivity index (χ3v) is 3.11. The highest BCUT2D eigenvalue weighted by molar-refractivity contribution is 5.26. The third kappa shape index (κ3) is 3.36. The van der Waals surface area contributed by atoms with E-state index in [1.54, 1.807) is 11.7 Å². The molecule has 0 aliphatic carbocycles. The smallest absolute Gasteiger partial charge is 0.303 e. The van der Waals surface area contributed by atoms with E-state index in [1.807, 2.05) is 6.92 Å². The molecule has 2 aromatic rings. The zero-order valence-electron chi connectivity index (χ0n) is 11.1. The minimum atomic E-state index is -4.30. The van der Waals surface area contributed by atoms with Crippen molar-refractivity contribution in [2.24, 2.45) is 7.05 Å². The average molecular weight is 284 g/mol. The van der Waals surface area contributed by atoms with E-state index in [0.29, 0.717) is 6.54 Å². The molecule has 0 saturated heterocycles. The van der Waals surface area contributed by atoms with Crippen LogP contribution in [0.2, 0.25) is 0 Å². The number of rotatable bonds is 4. The van der Waals surface area contributed by atoms with Gasteiger partial charge < -0.3 is 5.32 Å². The van der Waals surface area contributed by atoms with Crippen LogP contribution < -0.4 is 5.32 Å². The van der Waals surface area contributed by atoms with Crippen molar-refractivity contribution in [2.75, 3.05) is 0 Å². The Hall–Kier alpha value is -1.89. The highest BCUT2D eigenvalue weighted by atomic mass is 19.4. The topological polar surface area (TPSA) is 42.7 Å². The molecule has 0 unspecified atom stereocenters. The molecule has 0 radical (unpaired) electrons. The predicted octanol–water partition coefficient (Wildman–Crippen LogP) is 2.68. The van der Waals surface area contributed by atoms with E-state index in [-0.39, 0.29) is 6.04 Å². The van der Waals surface area contributed by atoms with Gasteiger partial charge >= 0.3 is 6.18 Å². The molecule has 20 heavy (non-hydrogen) atoms. The van der Waals surface area contributed by atoms with Crippen LogP contribution in [-0.2, 0) is 19.8 Å². The molecule has 108 valence electrons. The molecule has 1 aromatic carbocycles. The lowest BCUT2D eigenvalue weighted by Crippen LogP contribution is -2.20. The van der Waals surface area contributed by atoms with Gasteiger partial charge in [0.2, 0.25) is 0 Å². The first-order valence-electron chi connectivity index (χ1n) is 6.11. The minimum absolute atomic E-state index is 0.0750. The van der Waals surface area contributed by atoms with Crippen LogP contribution in [0, 0.1) is 0 Å². The second-order valence-corrected chi connectivity index (χ2v) is 4.52. The highest BCUT2D eigenvalue weighted by Crippen LogP contribution is 2.29. The van der Waals surface area contributed by atoms with Gasteiger partial charge in [-0.05, 0) is 24.6 Å². The number of hydrogen-bond donors (Lipinski definition) is 1. The molecule has 2 rings (SSSR count). The fourth-order valence-electron chi connectivity index (χ4n) is 1.80. The summed E-state index contributed by atoms with van der Waals surface area (Å²) in [6, 6.07) is 5.08. The summed E-state index contributed by atoms with van der Waals surface area (Å²) < 4.78 is 39.0. The van der Waals surface area contributed by atoms with Gasteiger partial charge in [0.25, 0.3) is 0 Å². The van der Waals surface area contributed by atoms with Gasteiger partial charge in [-0.25, -0.2) is 4.98 Å². The Balaban J connectivity index is 1.99. The van der Waals surface area contributed by atoms with Crippen molar-refractivity contribution in [1.29, 1.82) is 0 Å². The maximum absolute atomic E-state index is 12.5. The number of aromatic nitrogens is 3. The van der Waals surface area contributed by atoms with Crippen molar-refractivity contribution >= 4 is 0 Å². The fourth-order valence-corrected chi connectivity index (χ4v) is 1.80. The van der Waals surface area contributed by atoms with Crippen LogP contribution in [0.1, 0.15) is 29.9 Å². The lowest BCUT2D eigenvalue weighted by molar-refractivity contribution is -0.137. The lowest BCUT2D eigenvalue weighted by Gasteiger charge is -2.15. The van der Waals surface area contributed by atoms with E-state index in [9.17, 15) is 13.2 Å². The van der Waals surface area contributed by atoms with Crippen LogP contribution in [0.5, 0.6) is 0 Å². The van der Waals surface area contributed by atoms with Crippen molar-refractivity contribution in [3.8, 4) is 0 Å². The third-order valence-electron chi connectivity index (χ3n) is 3.11. The van der Waals surface area contributed by atoms with Gasteiger partial charge in [-0.2, -0.15) is 18.3 Å². The van der Waals surface area contributed by atoms with Gasteiger partial charge in [0.15, 0.2) is 0 Å². The number of hydrogen-bond acceptors (Lipinski definition) is 3. The molecule has 0 bridgehead atoms. The van der Waals surface area contributed by atoms with E-state index >= 15 is 0 Å². The van der Waals surface area contributed by atoms with E-state index in [4.69, 9.17) is 0 Å². The van der Waals surface area contributed by atoms with E-state index in [2.05, 4.69) is 15.4 Å². The van der Waals surface area contributed by atoms with Crippen molar-refractivity contribution in [3.63, 3.8) is 0 Å². The second-order valence-electron chi connectivity index (χ2n) is 4.52. The van der Waals surface area contributed by atoms with Crippen molar-refractivity contribution in [1.82, 2.24) is 20.1 Å². The molecule has 0 spiro atoms. The van der Waals surface area contributed by atoms with Crippen LogP contribution in [0.4, 0.5) is 13.2 Å². The SMILES string of the molecule is C[C@@H](NCc1ncnn1C)c1ccc(C(F)(F)F)cc1. The molecule has 1 N–H and O–H groups in total. The maximum atomic E-state index is 12.5. The molecular formula is C13H15F3N4. The molecule has 4 nitrogen and oxygen atoms in total. The Kier molecular flexibility index (Phi) is 4.08. The van der Waals surface area contributed by atoms with E-state index in [1.165, 1.54) is 18.5 Å². The van der Waals surface area contributed by atoms with Crippen molar-refractivity contribution < 1.29 is 13.2 Å². The zero-order chi connectivity index (χ0) is 14.8. The summed E-state index contributed by atoms with van der Waals surface area (Å²) in [7, 11) is 1.78. The fraction of sp³-hybridized carbons (Fsp3) is 0.385. The maximum Gasteiger partial charge on any atom is 0.416 e. The minimum Gasteiger partial charge on any atom is -0.303 e. The Labute approximate surface area is 114 Å². The Bertz CT molecular complexity index is 560. The molecule has 0 amide bonds. The standard InChI is InChI=1S/C13H15F3N4/c1-9(17-7-12-18-8-19-20(12)2)10-3-5-11(6-4-10)13(14,15)16/h3-6,8-9,17H,7H2,1-2H3/t9-/m1/s1. The van der Waals surface area contributed by atoms with Gasteiger partial charge in [-0.1, -0.05) is 12.1 Å². The molecule has 1 atom stereocenters. The van der Waals surface area contributed by atoms with Gasteiger partial charge in [-0.3, -0.25) is 4.68 Å². The summed E-state index contributed by atoms with van der Waals surface area (Å²) in [5, 5.41) is 7.14. The normalized spacial score (nSPS) is 13.4. The summed E-state index contributed by atoms with van der Waals surface area (Å²) in [5.74, 6) is 0.767. The van der Waals surface area contributed by atoms with E-state index in [0.717, 1.165) is 23.5 Å². The zero-order valence-corrected chi connectivity index (χ0v) is 11.1. The van der Waals surface area contributed by atoms with Gasteiger partial charge in [-0.15, -0.1) is 0 Å². The average Bonchev–Trinajstić information content (AvgIpc) is 2.81. The van der Waals surface area contributed by atoms with Crippen LogP contribution in [0.3, 0.4) is 0 Å². The largest absolute Gasteiger partial charge is 0.416 e. The van der Waals surface area contributed by atoms with Crippen LogP contribution >= 0.6 is 0 Å².